The molecule has 0 amide bonds. The number of nitrogens with zero attached hydrogens (tertiary/aromatic N) is 2. The van der Waals surface area contributed by atoms with Crippen molar-refractivity contribution in [1.82, 2.24) is 9.55 Å². The molecule has 1 heterocycles. The lowest BCUT2D eigenvalue weighted by Gasteiger charge is -2.13. The van der Waals surface area contributed by atoms with Gasteiger partial charge in [-0.25, -0.2) is 4.98 Å². The van der Waals surface area contributed by atoms with Crippen molar-refractivity contribution in [2.24, 2.45) is 0 Å². The van der Waals surface area contributed by atoms with Crippen LogP contribution in [0.5, 0.6) is 11.5 Å². The van der Waals surface area contributed by atoms with Gasteiger partial charge in [-0.05, 0) is 87.1 Å². The van der Waals surface area contributed by atoms with Gasteiger partial charge in [-0.3, -0.25) is 0 Å². The van der Waals surface area contributed by atoms with E-state index in [1.807, 2.05) is 6.07 Å². The zero-order valence-electron chi connectivity index (χ0n) is 19.5. The molecule has 32 heavy (non-hydrogen) atoms. The van der Waals surface area contributed by atoms with Crippen LogP contribution in [0.3, 0.4) is 0 Å². The molecule has 0 unspecified atom stereocenters. The van der Waals surface area contributed by atoms with Crippen LogP contribution in [0, 0.1) is 27.7 Å². The first-order valence-electron chi connectivity index (χ1n) is 11.4. The van der Waals surface area contributed by atoms with E-state index in [2.05, 4.69) is 86.9 Å². The number of ether oxygens (including phenoxy) is 2. The van der Waals surface area contributed by atoms with Crippen LogP contribution in [-0.4, -0.2) is 16.2 Å². The summed E-state index contributed by atoms with van der Waals surface area (Å²) in [6, 6.07) is 20.8. The normalized spacial score (nSPS) is 11.1. The van der Waals surface area contributed by atoms with Gasteiger partial charge in [-0.1, -0.05) is 36.4 Å². The Balaban J connectivity index is 1.41. The fraction of sp³-hybridized carbons (Fsp3) is 0.321. The summed E-state index contributed by atoms with van der Waals surface area (Å²) in [5.41, 5.74) is 6.99. The average Bonchev–Trinajstić information content (AvgIpc) is 3.14. The number of para-hydroxylation sites is 2. The predicted octanol–water partition coefficient (Wildman–Crippen LogP) is 6.71. The third-order valence-electron chi connectivity index (χ3n) is 6.02. The smallest absolute Gasteiger partial charge is 0.147 e. The van der Waals surface area contributed by atoms with Crippen molar-refractivity contribution in [3.8, 4) is 11.5 Å². The van der Waals surface area contributed by atoms with Crippen LogP contribution in [0.4, 0.5) is 0 Å². The van der Waals surface area contributed by atoms with Gasteiger partial charge in [0.1, 0.15) is 23.9 Å². The van der Waals surface area contributed by atoms with Crippen LogP contribution < -0.4 is 9.47 Å². The van der Waals surface area contributed by atoms with E-state index in [0.29, 0.717) is 13.2 Å². The number of benzene rings is 3. The summed E-state index contributed by atoms with van der Waals surface area (Å²) >= 11 is 0. The Morgan fingerprint density at radius 3 is 2.50 bits per heavy atom. The summed E-state index contributed by atoms with van der Waals surface area (Å²) in [5, 5.41) is 0. The molecule has 4 rings (SSSR count). The minimum atomic E-state index is 0.456. The van der Waals surface area contributed by atoms with Crippen molar-refractivity contribution in [1.29, 1.82) is 0 Å². The van der Waals surface area contributed by atoms with Crippen molar-refractivity contribution in [3.63, 3.8) is 0 Å². The lowest BCUT2D eigenvalue weighted by Crippen LogP contribution is -2.09. The molecule has 0 saturated carbocycles. The van der Waals surface area contributed by atoms with Gasteiger partial charge >= 0.3 is 0 Å². The molecule has 0 aliphatic carbocycles. The first kappa shape index (κ1) is 21.9. The number of unbranched alkanes of at least 4 members (excludes halogenated alkanes) is 1. The minimum Gasteiger partial charge on any atom is -0.493 e. The molecular formula is C28H32N2O2. The van der Waals surface area contributed by atoms with Crippen LogP contribution in [-0.2, 0) is 13.2 Å². The van der Waals surface area contributed by atoms with E-state index in [9.17, 15) is 0 Å². The van der Waals surface area contributed by atoms with E-state index >= 15 is 0 Å². The highest BCUT2D eigenvalue weighted by molar-refractivity contribution is 5.75. The Bertz CT molecular complexity index is 1210. The minimum absolute atomic E-state index is 0.456. The zero-order valence-corrected chi connectivity index (χ0v) is 19.5. The van der Waals surface area contributed by atoms with Gasteiger partial charge < -0.3 is 14.0 Å². The molecular weight excluding hydrogens is 396 g/mol. The maximum atomic E-state index is 6.18. The van der Waals surface area contributed by atoms with E-state index in [0.717, 1.165) is 53.3 Å². The number of aromatic nitrogens is 2. The first-order chi connectivity index (χ1) is 15.5. The quantitative estimate of drug-likeness (QED) is 0.278. The number of rotatable bonds is 9. The lowest BCUT2D eigenvalue weighted by atomic mass is 10.1. The number of aryl methyl sites for hydroxylation is 4. The Labute approximate surface area is 190 Å². The second kappa shape index (κ2) is 9.90. The molecule has 0 fully saturated rings. The Morgan fingerprint density at radius 2 is 1.62 bits per heavy atom. The van der Waals surface area contributed by atoms with E-state index < -0.39 is 0 Å². The molecule has 1 aromatic heterocycles. The van der Waals surface area contributed by atoms with E-state index in [1.165, 1.54) is 16.7 Å². The molecule has 4 aromatic rings. The molecule has 4 heteroatoms. The lowest BCUT2D eigenvalue weighted by molar-refractivity contribution is 0.283. The number of hydrogen-bond donors (Lipinski definition) is 0. The third-order valence-corrected chi connectivity index (χ3v) is 6.02. The summed E-state index contributed by atoms with van der Waals surface area (Å²) in [4.78, 5) is 4.85. The van der Waals surface area contributed by atoms with Crippen molar-refractivity contribution < 1.29 is 9.47 Å². The number of imidazole rings is 1. The largest absolute Gasteiger partial charge is 0.493 e. The first-order valence-corrected chi connectivity index (χ1v) is 11.4. The highest BCUT2D eigenvalue weighted by atomic mass is 16.5. The maximum Gasteiger partial charge on any atom is 0.147 e. The highest BCUT2D eigenvalue weighted by Crippen LogP contribution is 2.23. The van der Waals surface area contributed by atoms with Gasteiger partial charge in [0, 0.05) is 6.54 Å². The van der Waals surface area contributed by atoms with Crippen LogP contribution in [0.15, 0.2) is 60.7 Å². The SMILES string of the molecule is Cc1ccc(C)c(OCc2nc3ccccc3n2CCCCOc2cccc(C)c2C)c1. The number of hydrogen-bond acceptors (Lipinski definition) is 3. The fourth-order valence-electron chi connectivity index (χ4n) is 3.92. The molecule has 0 aliphatic rings. The summed E-state index contributed by atoms with van der Waals surface area (Å²) < 4.78 is 14.5. The van der Waals surface area contributed by atoms with Crippen LogP contribution in [0.2, 0.25) is 0 Å². The van der Waals surface area contributed by atoms with Crippen molar-refractivity contribution in [2.45, 2.75) is 53.7 Å². The highest BCUT2D eigenvalue weighted by Gasteiger charge is 2.12. The molecule has 4 nitrogen and oxygen atoms in total. The van der Waals surface area contributed by atoms with Gasteiger partial charge in [0.05, 0.1) is 17.6 Å². The van der Waals surface area contributed by atoms with Crippen molar-refractivity contribution in [3.05, 3.63) is 88.7 Å². The maximum absolute atomic E-state index is 6.18. The van der Waals surface area contributed by atoms with Crippen molar-refractivity contribution in [2.75, 3.05) is 6.61 Å². The molecule has 0 bridgehead atoms. The molecule has 0 saturated heterocycles. The zero-order chi connectivity index (χ0) is 22.5. The van der Waals surface area contributed by atoms with Crippen molar-refractivity contribution >= 4 is 11.0 Å². The fourth-order valence-corrected chi connectivity index (χ4v) is 3.92. The van der Waals surface area contributed by atoms with Gasteiger partial charge in [0.2, 0.25) is 0 Å². The molecule has 0 spiro atoms. The standard InChI is InChI=1S/C28H32N2O2/c1-20-14-15-22(3)27(18-20)32-19-28-29-24-11-5-6-12-25(24)30(28)16-7-8-17-31-26-13-9-10-21(2)23(26)4/h5-6,9-15,18H,7-8,16-17,19H2,1-4H3. The molecule has 0 radical (unpaired) electrons. The second-order valence-corrected chi connectivity index (χ2v) is 8.48. The molecule has 0 N–H and O–H groups in total. The molecule has 166 valence electrons. The average molecular weight is 429 g/mol. The molecule has 0 aliphatic heterocycles. The summed E-state index contributed by atoms with van der Waals surface area (Å²) in [5.74, 6) is 2.87. The van der Waals surface area contributed by atoms with E-state index in [1.54, 1.807) is 0 Å². The summed E-state index contributed by atoms with van der Waals surface area (Å²) in [6.45, 7) is 10.5. The number of fused-ring (bicyclic) bond motifs is 1. The van der Waals surface area contributed by atoms with Gasteiger partial charge in [0.25, 0.3) is 0 Å². The Kier molecular flexibility index (Phi) is 6.79. The van der Waals surface area contributed by atoms with Crippen LogP contribution in [0.25, 0.3) is 11.0 Å². The van der Waals surface area contributed by atoms with E-state index in [4.69, 9.17) is 14.5 Å². The van der Waals surface area contributed by atoms with Crippen LogP contribution >= 0.6 is 0 Å². The third kappa shape index (κ3) is 4.96. The van der Waals surface area contributed by atoms with Gasteiger partial charge in [0.15, 0.2) is 0 Å². The monoisotopic (exact) mass is 428 g/mol. The molecule has 3 aromatic carbocycles. The Hall–Kier alpha value is -3.27. The van der Waals surface area contributed by atoms with Gasteiger partial charge in [-0.2, -0.15) is 0 Å². The summed E-state index contributed by atoms with van der Waals surface area (Å²) in [6.07, 6.45) is 2.00. The predicted molar refractivity (Wildman–Crippen MR) is 131 cm³/mol. The second-order valence-electron chi connectivity index (χ2n) is 8.48. The Morgan fingerprint density at radius 1 is 0.781 bits per heavy atom. The molecule has 0 atom stereocenters. The summed E-state index contributed by atoms with van der Waals surface area (Å²) in [7, 11) is 0. The van der Waals surface area contributed by atoms with Gasteiger partial charge in [-0.15, -0.1) is 0 Å². The van der Waals surface area contributed by atoms with E-state index in [-0.39, 0.29) is 0 Å². The van der Waals surface area contributed by atoms with Crippen LogP contribution in [0.1, 0.15) is 40.9 Å². The topological polar surface area (TPSA) is 36.3 Å².